The van der Waals surface area contributed by atoms with Gasteiger partial charge in [0.05, 0.1) is 13.2 Å². The molecule has 0 bridgehead atoms. The number of rotatable bonds is 7. The number of aliphatic carboxylic acids is 1. The molecule has 19 heavy (non-hydrogen) atoms. The molecule has 1 fully saturated rings. The minimum atomic E-state index is -1.11. The quantitative estimate of drug-likeness (QED) is 0.479. The molecule has 0 spiro atoms. The van der Waals surface area contributed by atoms with Crippen LogP contribution in [0.3, 0.4) is 0 Å². The van der Waals surface area contributed by atoms with Crippen molar-refractivity contribution in [3.05, 3.63) is 12.7 Å². The highest BCUT2D eigenvalue weighted by molar-refractivity contribution is 5.74. The number of carbonyl (C=O) groups excluding carboxylic acids is 1. The monoisotopic (exact) mass is 274 g/mol. The molecule has 1 heterocycles. The molecule has 1 aliphatic heterocycles. The van der Waals surface area contributed by atoms with Crippen LogP contribution in [0.15, 0.2) is 12.7 Å². The lowest BCUT2D eigenvalue weighted by atomic mass is 10.3. The Morgan fingerprint density at radius 3 is 2.68 bits per heavy atom. The second-order valence-corrected chi connectivity index (χ2v) is 3.78. The molecule has 2 N–H and O–H groups in total. The van der Waals surface area contributed by atoms with E-state index in [4.69, 9.17) is 14.6 Å². The van der Waals surface area contributed by atoms with Crippen LogP contribution in [0.1, 0.15) is 0 Å². The Kier molecular flexibility index (Phi) is 6.86. The third kappa shape index (κ3) is 6.18. The van der Waals surface area contributed by atoms with E-state index < -0.39 is 18.2 Å². The normalized spacial score (nSPS) is 17.5. The first-order valence-corrected chi connectivity index (χ1v) is 5.85. The molecule has 0 aromatic rings. The van der Waals surface area contributed by atoms with Gasteiger partial charge < -0.3 is 19.3 Å². The number of hydrazine groups is 1. The van der Waals surface area contributed by atoms with Gasteiger partial charge in [0.15, 0.2) is 6.04 Å². The summed E-state index contributed by atoms with van der Waals surface area (Å²) >= 11 is 0. The fourth-order valence-corrected chi connectivity index (χ4v) is 1.40. The first kappa shape index (κ1) is 15.4. The van der Waals surface area contributed by atoms with Gasteiger partial charge in [0.25, 0.3) is 0 Å². The third-order valence-corrected chi connectivity index (χ3v) is 2.33. The van der Waals surface area contributed by atoms with Gasteiger partial charge in [-0.05, 0) is 0 Å². The average Bonchev–Trinajstić information content (AvgIpc) is 2.41. The number of nitrogens with one attached hydrogen (secondary N) is 1. The fourth-order valence-electron chi connectivity index (χ4n) is 1.40. The van der Waals surface area contributed by atoms with E-state index in [0.717, 1.165) is 0 Å². The van der Waals surface area contributed by atoms with Crippen molar-refractivity contribution < 1.29 is 28.9 Å². The van der Waals surface area contributed by atoms with Gasteiger partial charge in [-0.15, -0.1) is 0 Å². The number of morpholine rings is 1. The summed E-state index contributed by atoms with van der Waals surface area (Å²) in [5.74, 6) is -1.11. The largest absolute Gasteiger partial charge is 0.508 e. The van der Waals surface area contributed by atoms with E-state index in [2.05, 4.69) is 16.7 Å². The van der Waals surface area contributed by atoms with E-state index in [9.17, 15) is 9.59 Å². The zero-order valence-corrected chi connectivity index (χ0v) is 10.5. The number of nitrogens with zero attached hydrogens (tertiary/aromatic N) is 1. The highest BCUT2D eigenvalue weighted by Gasteiger charge is 2.23. The van der Waals surface area contributed by atoms with Crippen molar-refractivity contribution in [2.45, 2.75) is 6.04 Å². The molecule has 8 heteroatoms. The summed E-state index contributed by atoms with van der Waals surface area (Å²) in [7, 11) is 0. The van der Waals surface area contributed by atoms with Gasteiger partial charge in [-0.1, -0.05) is 12.7 Å². The zero-order valence-electron chi connectivity index (χ0n) is 10.5. The molecule has 1 aliphatic rings. The lowest BCUT2D eigenvalue weighted by molar-refractivity contribution is -0.143. The van der Waals surface area contributed by atoms with Gasteiger partial charge in [0, 0.05) is 13.1 Å². The third-order valence-electron chi connectivity index (χ3n) is 2.33. The van der Waals surface area contributed by atoms with E-state index in [1.165, 1.54) is 6.08 Å². The number of carboxylic acid groups (broad SMARTS) is 1. The number of hydrogen-bond donors (Lipinski definition) is 2. The summed E-state index contributed by atoms with van der Waals surface area (Å²) in [5.41, 5.74) is 2.77. The van der Waals surface area contributed by atoms with Crippen molar-refractivity contribution in [3.63, 3.8) is 0 Å². The maximum Gasteiger partial charge on any atom is 0.508 e. The van der Waals surface area contributed by atoms with Gasteiger partial charge in [-0.2, -0.15) is 0 Å². The van der Waals surface area contributed by atoms with Crippen molar-refractivity contribution >= 4 is 12.1 Å². The number of carboxylic acids is 1. The Morgan fingerprint density at radius 2 is 2.11 bits per heavy atom. The minimum Gasteiger partial charge on any atom is -0.480 e. The number of hydrogen-bond acceptors (Lipinski definition) is 7. The van der Waals surface area contributed by atoms with Gasteiger partial charge in [0.1, 0.15) is 13.2 Å². The second-order valence-electron chi connectivity index (χ2n) is 3.78. The maximum atomic E-state index is 11.1. The van der Waals surface area contributed by atoms with E-state index in [-0.39, 0.29) is 13.2 Å². The van der Waals surface area contributed by atoms with Crippen LogP contribution in [-0.2, 0) is 19.0 Å². The molecule has 0 aromatic carbocycles. The predicted octanol–water partition coefficient (Wildman–Crippen LogP) is -0.384. The van der Waals surface area contributed by atoms with E-state index in [1.54, 1.807) is 5.01 Å². The van der Waals surface area contributed by atoms with Crippen LogP contribution in [0.4, 0.5) is 4.79 Å². The molecule has 0 unspecified atom stereocenters. The lowest BCUT2D eigenvalue weighted by Gasteiger charge is -2.29. The molecule has 8 nitrogen and oxygen atoms in total. The van der Waals surface area contributed by atoms with Crippen LogP contribution in [0.2, 0.25) is 0 Å². The van der Waals surface area contributed by atoms with Crippen LogP contribution >= 0.6 is 0 Å². The summed E-state index contributed by atoms with van der Waals surface area (Å²) in [6.45, 7) is 5.29. The lowest BCUT2D eigenvalue weighted by Crippen LogP contribution is -2.54. The molecule has 0 saturated carbocycles. The molecule has 0 amide bonds. The topological polar surface area (TPSA) is 97.3 Å². The Hall–Kier alpha value is -1.64. The van der Waals surface area contributed by atoms with Crippen LogP contribution < -0.4 is 5.43 Å². The second kappa shape index (κ2) is 8.46. The van der Waals surface area contributed by atoms with Gasteiger partial charge in [-0.25, -0.2) is 15.2 Å². The van der Waals surface area contributed by atoms with Crippen molar-refractivity contribution in [1.29, 1.82) is 0 Å². The Bertz CT molecular complexity index is 316. The standard InChI is InChI=1S/C11H18N2O6/c1-2-5-18-11(16)19-8-9(10(14)15)12-13-3-6-17-7-4-13/h2,9,12H,1,3-8H2,(H,14,15)/t9-/m0/s1. The number of ether oxygens (including phenoxy) is 3. The van der Waals surface area contributed by atoms with Crippen LogP contribution in [0.5, 0.6) is 0 Å². The summed E-state index contributed by atoms with van der Waals surface area (Å²) < 4.78 is 14.4. The fraction of sp³-hybridized carbons (Fsp3) is 0.636. The Labute approximate surface area is 110 Å². The summed E-state index contributed by atoms with van der Waals surface area (Å²) in [4.78, 5) is 22.1. The Balaban J connectivity index is 2.33. The smallest absolute Gasteiger partial charge is 0.480 e. The minimum absolute atomic E-state index is 0.0213. The van der Waals surface area contributed by atoms with Crippen LogP contribution in [0, 0.1) is 0 Å². The highest BCUT2D eigenvalue weighted by Crippen LogP contribution is 1.97. The van der Waals surface area contributed by atoms with E-state index in [0.29, 0.717) is 26.3 Å². The molecular weight excluding hydrogens is 256 g/mol. The first-order valence-electron chi connectivity index (χ1n) is 5.85. The van der Waals surface area contributed by atoms with E-state index in [1.807, 2.05) is 0 Å². The van der Waals surface area contributed by atoms with Gasteiger partial charge >= 0.3 is 12.1 Å². The van der Waals surface area contributed by atoms with Crippen LogP contribution in [-0.4, -0.2) is 67.8 Å². The molecule has 108 valence electrons. The summed E-state index contributed by atoms with van der Waals surface area (Å²) in [6.07, 6.45) is 0.469. The van der Waals surface area contributed by atoms with Crippen molar-refractivity contribution in [3.8, 4) is 0 Å². The van der Waals surface area contributed by atoms with E-state index >= 15 is 0 Å². The highest BCUT2D eigenvalue weighted by atomic mass is 16.7. The molecule has 0 radical (unpaired) electrons. The molecular formula is C11H18N2O6. The molecule has 0 aromatic heterocycles. The first-order chi connectivity index (χ1) is 9.13. The maximum absolute atomic E-state index is 11.1. The molecule has 0 aliphatic carbocycles. The van der Waals surface area contributed by atoms with Crippen molar-refractivity contribution in [2.24, 2.45) is 0 Å². The van der Waals surface area contributed by atoms with Crippen LogP contribution in [0.25, 0.3) is 0 Å². The Morgan fingerprint density at radius 1 is 1.42 bits per heavy atom. The van der Waals surface area contributed by atoms with Crippen molar-refractivity contribution in [2.75, 3.05) is 39.5 Å². The van der Waals surface area contributed by atoms with Crippen molar-refractivity contribution in [1.82, 2.24) is 10.4 Å². The molecule has 1 atom stereocenters. The zero-order chi connectivity index (χ0) is 14.1. The average molecular weight is 274 g/mol. The summed E-state index contributed by atoms with van der Waals surface area (Å²) in [5, 5.41) is 10.7. The summed E-state index contributed by atoms with van der Waals surface area (Å²) in [6, 6.07) is -1.02. The SMILES string of the molecule is C=CCOC(=O)OC[C@H](NN1CCOCC1)C(=O)O. The number of carbonyl (C=O) groups is 2. The molecule has 1 rings (SSSR count). The van der Waals surface area contributed by atoms with Gasteiger partial charge in [0.2, 0.25) is 0 Å². The predicted molar refractivity (Wildman–Crippen MR) is 64.4 cm³/mol. The van der Waals surface area contributed by atoms with Gasteiger partial charge in [-0.3, -0.25) is 4.79 Å². The molecule has 1 saturated heterocycles.